The van der Waals surface area contributed by atoms with E-state index in [9.17, 15) is 10.2 Å². The Hall–Kier alpha value is -3.69. The molecule has 1 fully saturated rings. The fraction of sp³-hybridized carbons (Fsp3) is 0.241. The number of ether oxygens (including phenoxy) is 2. The second-order valence-electron chi connectivity index (χ2n) is 9.57. The first-order chi connectivity index (χ1) is 18.5. The lowest BCUT2D eigenvalue weighted by atomic mass is 9.99. The molecule has 194 valence electrons. The van der Waals surface area contributed by atoms with Crippen LogP contribution in [0.2, 0.25) is 5.02 Å². The van der Waals surface area contributed by atoms with E-state index >= 15 is 0 Å². The van der Waals surface area contributed by atoms with Crippen LogP contribution in [0.4, 0.5) is 0 Å². The molecule has 0 radical (unpaired) electrons. The number of fused-ring (bicyclic) bond motifs is 1. The molecule has 3 atom stereocenters. The number of aliphatic hydroxyl groups is 2. The van der Waals surface area contributed by atoms with E-state index in [4.69, 9.17) is 21.1 Å². The summed E-state index contributed by atoms with van der Waals surface area (Å²) in [5, 5.41) is 27.2. The molecular formula is C29H27ClN4O4. The van der Waals surface area contributed by atoms with Crippen LogP contribution in [-0.4, -0.2) is 61.9 Å². The van der Waals surface area contributed by atoms with Crippen molar-refractivity contribution in [2.75, 3.05) is 13.2 Å². The van der Waals surface area contributed by atoms with Gasteiger partial charge in [-0.15, -0.1) is 0 Å². The highest BCUT2D eigenvalue weighted by atomic mass is 35.5. The number of hydrogen-bond donors (Lipinski definition) is 4. The lowest BCUT2D eigenvalue weighted by molar-refractivity contribution is -0.131. The van der Waals surface area contributed by atoms with Crippen LogP contribution in [0.15, 0.2) is 66.7 Å². The first kappa shape index (κ1) is 24.6. The van der Waals surface area contributed by atoms with Crippen molar-refractivity contribution in [2.24, 2.45) is 0 Å². The van der Waals surface area contributed by atoms with Crippen LogP contribution in [0.5, 0.6) is 6.01 Å². The largest absolute Gasteiger partial charge is 0.459 e. The molecule has 1 aliphatic heterocycles. The number of aromatic nitrogens is 4. The van der Waals surface area contributed by atoms with Gasteiger partial charge < -0.3 is 24.7 Å². The van der Waals surface area contributed by atoms with Crippen molar-refractivity contribution in [3.63, 3.8) is 0 Å². The van der Waals surface area contributed by atoms with Crippen molar-refractivity contribution in [2.45, 2.75) is 31.7 Å². The van der Waals surface area contributed by atoms with Gasteiger partial charge >= 0.3 is 0 Å². The highest BCUT2D eigenvalue weighted by Crippen LogP contribution is 2.34. The molecule has 0 aliphatic carbocycles. The third kappa shape index (κ3) is 4.91. The summed E-state index contributed by atoms with van der Waals surface area (Å²) in [5.41, 5.74) is 8.61. The number of aliphatic hydroxyl groups excluding tert-OH is 2. The summed E-state index contributed by atoms with van der Waals surface area (Å²) in [4.78, 5) is 7.71. The highest BCUT2D eigenvalue weighted by Gasteiger charge is 2.31. The quantitative estimate of drug-likeness (QED) is 0.241. The summed E-state index contributed by atoms with van der Waals surface area (Å²) in [6.07, 6.45) is -1.38. The minimum atomic E-state index is -0.786. The molecule has 0 amide bonds. The minimum absolute atomic E-state index is 0.223. The number of nitrogens with zero attached hydrogens (tertiary/aromatic N) is 2. The van der Waals surface area contributed by atoms with Gasteiger partial charge in [0.1, 0.15) is 12.2 Å². The predicted molar refractivity (Wildman–Crippen MR) is 146 cm³/mol. The summed E-state index contributed by atoms with van der Waals surface area (Å²) in [5.74, 6) is 0. The summed E-state index contributed by atoms with van der Waals surface area (Å²) in [7, 11) is 0. The van der Waals surface area contributed by atoms with Crippen molar-refractivity contribution in [1.29, 1.82) is 0 Å². The molecule has 0 spiro atoms. The van der Waals surface area contributed by atoms with E-state index in [1.54, 1.807) is 0 Å². The summed E-state index contributed by atoms with van der Waals surface area (Å²) >= 11 is 6.65. The third-order valence-corrected chi connectivity index (χ3v) is 7.18. The summed E-state index contributed by atoms with van der Waals surface area (Å²) < 4.78 is 11.4. The molecular weight excluding hydrogens is 504 g/mol. The molecule has 8 nitrogen and oxygen atoms in total. The molecule has 38 heavy (non-hydrogen) atoms. The molecule has 0 saturated carbocycles. The Morgan fingerprint density at radius 3 is 2.32 bits per heavy atom. The maximum Gasteiger partial charge on any atom is 0.294 e. The summed E-state index contributed by atoms with van der Waals surface area (Å²) in [6.45, 7) is 2.01. The van der Waals surface area contributed by atoms with E-state index in [2.05, 4.69) is 68.7 Å². The van der Waals surface area contributed by atoms with E-state index in [0.717, 1.165) is 50.2 Å². The number of aromatic amines is 2. The third-order valence-electron chi connectivity index (χ3n) is 6.87. The van der Waals surface area contributed by atoms with Gasteiger partial charge in [0.25, 0.3) is 6.01 Å². The maximum atomic E-state index is 10.1. The zero-order chi connectivity index (χ0) is 26.2. The molecule has 0 bridgehead atoms. The molecule has 1 aliphatic rings. The number of benzene rings is 3. The molecule has 3 heterocycles. The number of hydrogen-bond acceptors (Lipinski definition) is 6. The average molecular weight is 531 g/mol. The van der Waals surface area contributed by atoms with Gasteiger partial charge in [-0.1, -0.05) is 60.1 Å². The average Bonchev–Trinajstić information content (AvgIpc) is 3.53. The molecule has 9 heteroatoms. The molecule has 5 aromatic rings. The first-order valence-electron chi connectivity index (χ1n) is 12.5. The Morgan fingerprint density at radius 2 is 1.68 bits per heavy atom. The Labute approximate surface area is 224 Å². The van der Waals surface area contributed by atoms with E-state index < -0.39 is 12.2 Å². The van der Waals surface area contributed by atoms with E-state index in [0.29, 0.717) is 17.5 Å². The zero-order valence-corrected chi connectivity index (χ0v) is 21.4. The number of imidazole rings is 1. The SMILES string of the molecule is Cc1cc(-c2ccc(-c3ccc(-c4cc5nc(O[C@H]6CO[C@H](CO)[C@@H](O)C6)[nH]c5cc4Cl)cc3)cc2)[nH]n1. The molecule has 4 N–H and O–H groups in total. The van der Waals surface area contributed by atoms with Crippen molar-refractivity contribution in [3.05, 3.63) is 77.4 Å². The Morgan fingerprint density at radius 1 is 1.00 bits per heavy atom. The van der Waals surface area contributed by atoms with Crippen molar-refractivity contribution >= 4 is 22.6 Å². The van der Waals surface area contributed by atoms with Crippen molar-refractivity contribution < 1.29 is 19.7 Å². The monoisotopic (exact) mass is 530 g/mol. The van der Waals surface area contributed by atoms with Gasteiger partial charge in [0.2, 0.25) is 0 Å². The van der Waals surface area contributed by atoms with Gasteiger partial charge in [-0.05, 0) is 47.4 Å². The smallest absolute Gasteiger partial charge is 0.294 e. The van der Waals surface area contributed by atoms with Gasteiger partial charge in [0, 0.05) is 12.0 Å². The molecule has 6 rings (SSSR count). The lowest BCUT2D eigenvalue weighted by Crippen LogP contribution is -2.45. The lowest BCUT2D eigenvalue weighted by Gasteiger charge is -2.31. The fourth-order valence-corrected chi connectivity index (χ4v) is 5.06. The first-order valence-corrected chi connectivity index (χ1v) is 12.8. The molecule has 0 unspecified atom stereocenters. The standard InChI is InChI=1S/C29H27ClN4O4/c1-16-10-24(34-33-16)20-8-4-18(5-9-20)17-2-6-19(7-3-17)22-12-25-26(13-23(22)30)32-29(31-25)38-21-11-27(36)28(14-35)37-15-21/h2-10,12-13,21,27-28,35-36H,11,14-15H2,1H3,(H,31,32)(H,33,34)/t21-,27+,28-/m1/s1. The number of halogens is 1. The van der Waals surface area contributed by atoms with Crippen molar-refractivity contribution in [3.8, 4) is 39.5 Å². The Balaban J connectivity index is 1.19. The van der Waals surface area contributed by atoms with Crippen molar-refractivity contribution in [1.82, 2.24) is 20.2 Å². The highest BCUT2D eigenvalue weighted by molar-refractivity contribution is 6.34. The minimum Gasteiger partial charge on any atom is -0.459 e. The van der Waals surface area contributed by atoms with Crippen LogP contribution in [0, 0.1) is 6.92 Å². The Kier molecular flexibility index (Phi) is 6.63. The Bertz CT molecular complexity index is 1560. The van der Waals surface area contributed by atoms with Crippen LogP contribution >= 0.6 is 11.6 Å². The van der Waals surface area contributed by atoms with Gasteiger partial charge in [0.05, 0.1) is 46.8 Å². The topological polar surface area (TPSA) is 116 Å². The zero-order valence-electron chi connectivity index (χ0n) is 20.7. The predicted octanol–water partition coefficient (Wildman–Crippen LogP) is 5.14. The van der Waals surface area contributed by atoms with Crippen LogP contribution in [-0.2, 0) is 4.74 Å². The number of nitrogens with one attached hydrogen (secondary N) is 2. The van der Waals surface area contributed by atoms with Gasteiger partial charge in [-0.2, -0.15) is 10.1 Å². The van der Waals surface area contributed by atoms with Crippen LogP contribution < -0.4 is 4.74 Å². The van der Waals surface area contributed by atoms with Crippen LogP contribution in [0.1, 0.15) is 12.1 Å². The molecule has 2 aromatic heterocycles. The second-order valence-corrected chi connectivity index (χ2v) is 9.97. The summed E-state index contributed by atoms with van der Waals surface area (Å²) in [6, 6.07) is 22.8. The molecule has 3 aromatic carbocycles. The number of rotatable bonds is 6. The van der Waals surface area contributed by atoms with E-state index in [1.807, 2.05) is 25.1 Å². The number of H-pyrrole nitrogens is 2. The maximum absolute atomic E-state index is 10.1. The normalized spacial score (nSPS) is 19.6. The van der Waals surface area contributed by atoms with Gasteiger partial charge in [-0.3, -0.25) is 5.10 Å². The van der Waals surface area contributed by atoms with Gasteiger partial charge in [-0.25, -0.2) is 0 Å². The van der Waals surface area contributed by atoms with E-state index in [-0.39, 0.29) is 19.3 Å². The fourth-order valence-electron chi connectivity index (χ4n) is 4.78. The van der Waals surface area contributed by atoms with E-state index in [1.165, 1.54) is 0 Å². The number of aryl methyl sites for hydroxylation is 1. The molecule has 1 saturated heterocycles. The van der Waals surface area contributed by atoms with Gasteiger partial charge in [0.15, 0.2) is 0 Å². The second kappa shape index (κ2) is 10.2. The van der Waals surface area contributed by atoms with Crippen LogP contribution in [0.3, 0.4) is 0 Å². The van der Waals surface area contributed by atoms with Crippen LogP contribution in [0.25, 0.3) is 44.5 Å².